The molecule has 1 aromatic heterocycles. The van der Waals surface area contributed by atoms with Crippen LogP contribution in [0.1, 0.15) is 45.4 Å². The van der Waals surface area contributed by atoms with Crippen molar-refractivity contribution in [2.45, 2.75) is 45.6 Å². The van der Waals surface area contributed by atoms with Crippen LogP contribution in [0.25, 0.3) is 0 Å². The van der Waals surface area contributed by atoms with E-state index >= 15 is 0 Å². The van der Waals surface area contributed by atoms with Crippen LogP contribution in [0.15, 0.2) is 4.42 Å². The molecule has 3 N–H and O–H groups in total. The summed E-state index contributed by atoms with van der Waals surface area (Å²) in [6, 6.07) is 0.420. The first-order chi connectivity index (χ1) is 9.99. The number of carbonyl (C=O) groups is 1. The number of amides is 1. The molecule has 1 aliphatic rings. The van der Waals surface area contributed by atoms with Gasteiger partial charge in [0.1, 0.15) is 0 Å². The number of carbonyl (C=O) groups excluding carboxylic acids is 1. The highest BCUT2D eigenvalue weighted by atomic mass is 16.4. The molecule has 2 rings (SSSR count). The molecule has 118 valence electrons. The fraction of sp³-hybridized carbons (Fsp3) is 0.786. The molecule has 21 heavy (non-hydrogen) atoms. The lowest BCUT2D eigenvalue weighted by Gasteiger charge is -2.35. The van der Waals surface area contributed by atoms with Gasteiger partial charge in [-0.3, -0.25) is 15.0 Å². The molecule has 1 aromatic rings. The smallest absolute Gasteiger partial charge is 0.322 e. The molecule has 0 aliphatic carbocycles. The zero-order chi connectivity index (χ0) is 15.4. The first-order valence-corrected chi connectivity index (χ1v) is 7.60. The Balaban J connectivity index is 1.84. The summed E-state index contributed by atoms with van der Waals surface area (Å²) >= 11 is 0. The lowest BCUT2D eigenvalue weighted by Crippen LogP contribution is -2.48. The Hall–Kier alpha value is -1.47. The standard InChI is InChI=1S/C14H25N5O2/c1-4-10-7-19(6-5-11(10)15)8-12(20)16-14-18-17-13(21-14)9(2)3/h9-11H,4-8,15H2,1-3H3,(H,16,18,20). The highest BCUT2D eigenvalue weighted by Crippen LogP contribution is 2.18. The summed E-state index contributed by atoms with van der Waals surface area (Å²) < 4.78 is 5.37. The molecule has 1 aliphatic heterocycles. The number of aromatic nitrogens is 2. The van der Waals surface area contributed by atoms with Crippen LogP contribution in [-0.2, 0) is 4.79 Å². The van der Waals surface area contributed by atoms with Crippen LogP contribution in [0, 0.1) is 5.92 Å². The Bertz CT molecular complexity index is 474. The van der Waals surface area contributed by atoms with Gasteiger partial charge in [0.25, 0.3) is 0 Å². The average molecular weight is 295 g/mol. The molecular weight excluding hydrogens is 270 g/mol. The van der Waals surface area contributed by atoms with E-state index in [0.29, 0.717) is 18.4 Å². The second kappa shape index (κ2) is 7.00. The highest BCUT2D eigenvalue weighted by Gasteiger charge is 2.26. The van der Waals surface area contributed by atoms with E-state index in [1.165, 1.54) is 0 Å². The minimum atomic E-state index is -0.126. The molecule has 0 bridgehead atoms. The van der Waals surface area contributed by atoms with Gasteiger partial charge >= 0.3 is 6.01 Å². The van der Waals surface area contributed by atoms with E-state index in [0.717, 1.165) is 25.9 Å². The number of likely N-dealkylation sites (tertiary alicyclic amines) is 1. The Kier molecular flexibility index (Phi) is 5.30. The van der Waals surface area contributed by atoms with Crippen molar-refractivity contribution in [2.24, 2.45) is 11.7 Å². The van der Waals surface area contributed by atoms with Gasteiger partial charge in [0.2, 0.25) is 11.8 Å². The molecule has 1 amide bonds. The maximum absolute atomic E-state index is 12.0. The molecule has 1 saturated heterocycles. The maximum Gasteiger partial charge on any atom is 0.322 e. The molecule has 2 unspecified atom stereocenters. The van der Waals surface area contributed by atoms with E-state index in [-0.39, 0.29) is 23.9 Å². The van der Waals surface area contributed by atoms with E-state index < -0.39 is 0 Å². The summed E-state index contributed by atoms with van der Waals surface area (Å²) in [6.45, 7) is 8.11. The highest BCUT2D eigenvalue weighted by molar-refractivity contribution is 5.90. The lowest BCUT2D eigenvalue weighted by molar-refractivity contribution is -0.117. The van der Waals surface area contributed by atoms with Crippen LogP contribution in [-0.4, -0.2) is 46.7 Å². The van der Waals surface area contributed by atoms with Crippen molar-refractivity contribution >= 4 is 11.9 Å². The van der Waals surface area contributed by atoms with Crippen molar-refractivity contribution in [1.82, 2.24) is 15.1 Å². The number of rotatable bonds is 5. The minimum absolute atomic E-state index is 0.126. The summed E-state index contributed by atoms with van der Waals surface area (Å²) in [4.78, 5) is 14.2. The molecule has 0 radical (unpaired) electrons. The third-order valence-corrected chi connectivity index (χ3v) is 3.95. The number of piperidine rings is 1. The zero-order valence-electron chi connectivity index (χ0n) is 13.0. The van der Waals surface area contributed by atoms with Gasteiger partial charge in [-0.25, -0.2) is 0 Å². The lowest BCUT2D eigenvalue weighted by atomic mass is 9.91. The number of nitrogens with one attached hydrogen (secondary N) is 1. The average Bonchev–Trinajstić information content (AvgIpc) is 2.89. The Morgan fingerprint density at radius 3 is 2.90 bits per heavy atom. The van der Waals surface area contributed by atoms with Crippen molar-refractivity contribution in [3.05, 3.63) is 5.89 Å². The predicted octanol–water partition coefficient (Wildman–Crippen LogP) is 1.19. The fourth-order valence-corrected chi connectivity index (χ4v) is 2.58. The zero-order valence-corrected chi connectivity index (χ0v) is 13.0. The van der Waals surface area contributed by atoms with Crippen LogP contribution < -0.4 is 11.1 Å². The number of hydrogen-bond donors (Lipinski definition) is 2. The predicted molar refractivity (Wildman–Crippen MR) is 79.8 cm³/mol. The molecule has 0 saturated carbocycles. The minimum Gasteiger partial charge on any atom is -0.408 e. The van der Waals surface area contributed by atoms with Gasteiger partial charge in [0.15, 0.2) is 0 Å². The largest absolute Gasteiger partial charge is 0.408 e. The van der Waals surface area contributed by atoms with Gasteiger partial charge in [0.05, 0.1) is 6.54 Å². The van der Waals surface area contributed by atoms with Crippen LogP contribution in [0.3, 0.4) is 0 Å². The molecule has 7 heteroatoms. The Morgan fingerprint density at radius 2 is 2.29 bits per heavy atom. The second-order valence-corrected chi connectivity index (χ2v) is 6.00. The van der Waals surface area contributed by atoms with Crippen LogP contribution in [0.2, 0.25) is 0 Å². The second-order valence-electron chi connectivity index (χ2n) is 6.00. The maximum atomic E-state index is 12.0. The number of nitrogens with zero attached hydrogens (tertiary/aromatic N) is 3. The number of hydrogen-bond acceptors (Lipinski definition) is 6. The number of anilines is 1. The summed E-state index contributed by atoms with van der Waals surface area (Å²) in [5.41, 5.74) is 6.08. The van der Waals surface area contributed by atoms with Crippen LogP contribution in [0.4, 0.5) is 6.01 Å². The quantitative estimate of drug-likeness (QED) is 0.847. The van der Waals surface area contributed by atoms with Gasteiger partial charge in [-0.1, -0.05) is 32.3 Å². The molecule has 1 fully saturated rings. The van der Waals surface area contributed by atoms with E-state index in [9.17, 15) is 4.79 Å². The van der Waals surface area contributed by atoms with Crippen molar-refractivity contribution in [3.8, 4) is 0 Å². The molecule has 2 atom stereocenters. The molecule has 7 nitrogen and oxygen atoms in total. The summed E-state index contributed by atoms with van der Waals surface area (Å²) in [5.74, 6) is 1.01. The third kappa shape index (κ3) is 4.25. The Labute approximate surface area is 125 Å². The van der Waals surface area contributed by atoms with Crippen LogP contribution in [0.5, 0.6) is 0 Å². The third-order valence-electron chi connectivity index (χ3n) is 3.95. The van der Waals surface area contributed by atoms with Crippen molar-refractivity contribution in [3.63, 3.8) is 0 Å². The first-order valence-electron chi connectivity index (χ1n) is 7.60. The first kappa shape index (κ1) is 15.9. The van der Waals surface area contributed by atoms with Gasteiger partial charge in [0, 0.05) is 25.0 Å². The number of nitrogens with two attached hydrogens (primary N) is 1. The molecule has 2 heterocycles. The topological polar surface area (TPSA) is 97.3 Å². The SMILES string of the molecule is CCC1CN(CC(=O)Nc2nnc(C(C)C)o2)CCC1N. The van der Waals surface area contributed by atoms with E-state index in [4.69, 9.17) is 10.2 Å². The van der Waals surface area contributed by atoms with Gasteiger partial charge < -0.3 is 10.2 Å². The molecular formula is C14H25N5O2. The van der Waals surface area contributed by atoms with Crippen molar-refractivity contribution in [1.29, 1.82) is 0 Å². The molecule has 0 aromatic carbocycles. The van der Waals surface area contributed by atoms with Crippen molar-refractivity contribution in [2.75, 3.05) is 25.0 Å². The summed E-state index contributed by atoms with van der Waals surface area (Å²) in [5, 5.41) is 10.4. The normalized spacial score (nSPS) is 23.5. The fourth-order valence-electron chi connectivity index (χ4n) is 2.58. The summed E-state index contributed by atoms with van der Waals surface area (Å²) in [7, 11) is 0. The van der Waals surface area contributed by atoms with Gasteiger partial charge in [-0.2, -0.15) is 0 Å². The summed E-state index contributed by atoms with van der Waals surface area (Å²) in [6.07, 6.45) is 1.98. The van der Waals surface area contributed by atoms with Gasteiger partial charge in [-0.15, -0.1) is 5.10 Å². The van der Waals surface area contributed by atoms with Gasteiger partial charge in [-0.05, 0) is 12.3 Å². The van der Waals surface area contributed by atoms with E-state index in [1.54, 1.807) is 0 Å². The monoisotopic (exact) mass is 295 g/mol. The molecule has 0 spiro atoms. The van der Waals surface area contributed by atoms with Crippen LogP contribution >= 0.6 is 0 Å². The Morgan fingerprint density at radius 1 is 1.52 bits per heavy atom. The van der Waals surface area contributed by atoms with E-state index in [2.05, 4.69) is 27.3 Å². The van der Waals surface area contributed by atoms with E-state index in [1.807, 2.05) is 13.8 Å². The van der Waals surface area contributed by atoms with Crippen molar-refractivity contribution < 1.29 is 9.21 Å².